The molecule has 0 fully saturated rings. The van der Waals surface area contributed by atoms with E-state index < -0.39 is 28.1 Å². The normalized spacial score (nSPS) is 19.8. The van der Waals surface area contributed by atoms with Crippen LogP contribution in [-0.2, 0) is 22.5 Å². The van der Waals surface area contributed by atoms with E-state index in [1.807, 2.05) is 0 Å². The molecule has 0 aromatic heterocycles. The molecule has 0 aromatic rings. The highest BCUT2D eigenvalue weighted by atomic mass is 31.3. The summed E-state index contributed by atoms with van der Waals surface area (Å²) in [6, 6.07) is 0. The van der Waals surface area contributed by atoms with Crippen molar-refractivity contribution >= 4 is 23.0 Å². The second kappa shape index (κ2) is 10.7. The van der Waals surface area contributed by atoms with Crippen molar-refractivity contribution < 1.29 is 47.2 Å². The molecule has 0 saturated carbocycles. The van der Waals surface area contributed by atoms with Crippen LogP contribution in [0.25, 0.3) is 0 Å². The number of hydrogen-bond acceptors (Lipinski definition) is 6. The molecule has 0 saturated heterocycles. The second-order valence-corrected chi connectivity index (χ2v) is 12.0. The van der Waals surface area contributed by atoms with Gasteiger partial charge in [0.15, 0.2) is 0 Å². The summed E-state index contributed by atoms with van der Waals surface area (Å²) in [5.41, 5.74) is 0. The van der Waals surface area contributed by atoms with Crippen LogP contribution in [0.5, 0.6) is 0 Å². The van der Waals surface area contributed by atoms with Crippen molar-refractivity contribution in [2.24, 2.45) is 0 Å². The molecule has 0 aliphatic rings. The van der Waals surface area contributed by atoms with Crippen LogP contribution < -0.4 is 0 Å². The molecule has 5 N–H and O–H groups in total. The van der Waals surface area contributed by atoms with Crippen LogP contribution >= 0.6 is 23.0 Å². The summed E-state index contributed by atoms with van der Waals surface area (Å²) in [5.74, 6) is 0. The molecule has 0 aliphatic carbocycles. The Hall–Kier alpha value is 0.410. The van der Waals surface area contributed by atoms with Gasteiger partial charge in [0, 0.05) is 0 Å². The summed E-state index contributed by atoms with van der Waals surface area (Å²) in [4.78, 5) is 36.6. The molecule has 0 bridgehead atoms. The van der Waals surface area contributed by atoms with Crippen molar-refractivity contribution in [3.8, 4) is 0 Å². The first-order chi connectivity index (χ1) is 11.3. The molecule has 0 rings (SSSR count). The Labute approximate surface area is 147 Å². The molecular weight excluding hydrogens is 397 g/mol. The van der Waals surface area contributed by atoms with E-state index in [0.29, 0.717) is 13.3 Å². The predicted molar refractivity (Wildman–Crippen MR) is 92.0 cm³/mol. The van der Waals surface area contributed by atoms with Gasteiger partial charge in [-0.05, 0) is 13.3 Å². The summed E-state index contributed by atoms with van der Waals surface area (Å²) in [6.45, 7) is 2.23. The minimum Gasteiger partial charge on any atom is -0.368 e. The Morgan fingerprint density at radius 2 is 1.28 bits per heavy atom. The summed E-state index contributed by atoms with van der Waals surface area (Å²) < 4.78 is 42.9. The van der Waals surface area contributed by atoms with Gasteiger partial charge in [-0.2, -0.15) is 0 Å². The van der Waals surface area contributed by atoms with Crippen LogP contribution in [0.15, 0.2) is 0 Å². The molecule has 0 aromatic carbocycles. The van der Waals surface area contributed by atoms with E-state index in [-0.39, 0.29) is 6.61 Å². The van der Waals surface area contributed by atoms with Crippen LogP contribution in [0.4, 0.5) is 0 Å². The molecule has 0 spiro atoms. The van der Waals surface area contributed by atoms with Gasteiger partial charge in [0.1, 0.15) is 0 Å². The Morgan fingerprint density at radius 1 is 0.840 bits per heavy atom. The Kier molecular flexibility index (Phi) is 10.8. The molecule has 0 amide bonds. The minimum absolute atomic E-state index is 0.235. The molecule has 0 heterocycles. The number of rotatable bonds is 14. The van der Waals surface area contributed by atoms with Gasteiger partial charge in [0.2, 0.25) is 0 Å². The lowest BCUT2D eigenvalue weighted by Crippen LogP contribution is -2.25. The molecule has 25 heavy (non-hydrogen) atoms. The zero-order chi connectivity index (χ0) is 19.8. The summed E-state index contributed by atoms with van der Waals surface area (Å²) in [6.07, 6.45) is 7.70. The standard InChI is InChI=1S/C12H29O10P3/c1-3-4-5-6-7-8-9-10-11-21-25(19,20)22-24(17,18)12(2,13)23(14,15)16/h13H,3-11H2,1-2H3,(H,17,18)(H,19,20)(H2,14,15,16). The number of phosphoric ester groups is 1. The minimum atomic E-state index is -5.56. The van der Waals surface area contributed by atoms with Gasteiger partial charge in [-0.25, -0.2) is 8.88 Å². The molecule has 0 aliphatic heterocycles. The van der Waals surface area contributed by atoms with E-state index in [0.717, 1.165) is 38.5 Å². The molecule has 13 heteroatoms. The SMILES string of the molecule is CCCCCCCCCCOP(=O)(O)OP(=O)(O)C(C)(O)P(=O)(O)O. The third kappa shape index (κ3) is 9.25. The summed E-state index contributed by atoms with van der Waals surface area (Å²) >= 11 is 0. The second-order valence-electron chi connectivity index (χ2n) is 5.89. The fraction of sp³-hybridized carbons (Fsp3) is 1.00. The molecule has 10 nitrogen and oxygen atoms in total. The van der Waals surface area contributed by atoms with Gasteiger partial charge in [0.25, 0.3) is 5.08 Å². The predicted octanol–water partition coefficient (Wildman–Crippen LogP) is 3.29. The van der Waals surface area contributed by atoms with E-state index in [1.54, 1.807) is 0 Å². The lowest BCUT2D eigenvalue weighted by molar-refractivity contribution is 0.134. The smallest absolute Gasteiger partial charge is 0.368 e. The van der Waals surface area contributed by atoms with Gasteiger partial charge in [0.05, 0.1) is 6.61 Å². The first-order valence-corrected chi connectivity index (χ1v) is 12.7. The van der Waals surface area contributed by atoms with Crippen molar-refractivity contribution in [1.29, 1.82) is 0 Å². The average Bonchev–Trinajstić information content (AvgIpc) is 2.43. The van der Waals surface area contributed by atoms with Gasteiger partial charge in [-0.3, -0.25) is 13.7 Å². The highest BCUT2D eigenvalue weighted by Gasteiger charge is 2.59. The summed E-state index contributed by atoms with van der Waals surface area (Å²) in [7, 11) is -16.1. The maximum absolute atomic E-state index is 11.7. The average molecular weight is 426 g/mol. The van der Waals surface area contributed by atoms with E-state index in [1.165, 1.54) is 6.42 Å². The largest absolute Gasteiger partial charge is 0.479 e. The van der Waals surface area contributed by atoms with Gasteiger partial charge < -0.3 is 24.7 Å². The van der Waals surface area contributed by atoms with Crippen LogP contribution in [0, 0.1) is 0 Å². The quantitative estimate of drug-likeness (QED) is 0.205. The molecule has 3 atom stereocenters. The van der Waals surface area contributed by atoms with Crippen LogP contribution in [0.2, 0.25) is 0 Å². The van der Waals surface area contributed by atoms with E-state index in [4.69, 9.17) is 9.79 Å². The number of unbranched alkanes of at least 4 members (excludes halogenated alkanes) is 7. The van der Waals surface area contributed by atoms with Crippen molar-refractivity contribution in [2.45, 2.75) is 70.3 Å². The lowest BCUT2D eigenvalue weighted by atomic mass is 10.1. The Balaban J connectivity index is 4.27. The first kappa shape index (κ1) is 25.4. The highest BCUT2D eigenvalue weighted by molar-refractivity contribution is 7.75. The summed E-state index contributed by atoms with van der Waals surface area (Å²) in [5, 5.41) is 5.96. The first-order valence-electron chi connectivity index (χ1n) is 8.06. The van der Waals surface area contributed by atoms with Crippen molar-refractivity contribution in [3.63, 3.8) is 0 Å². The fourth-order valence-electron chi connectivity index (χ4n) is 1.82. The van der Waals surface area contributed by atoms with Gasteiger partial charge in [-0.1, -0.05) is 51.9 Å². The number of aliphatic hydroxyl groups is 1. The van der Waals surface area contributed by atoms with Crippen LogP contribution in [0.1, 0.15) is 65.2 Å². The molecule has 3 unspecified atom stereocenters. The lowest BCUT2D eigenvalue weighted by Gasteiger charge is -2.28. The van der Waals surface area contributed by atoms with E-state index >= 15 is 0 Å². The van der Waals surface area contributed by atoms with Gasteiger partial charge >= 0.3 is 23.0 Å². The Bertz CT molecular complexity index is 529. The zero-order valence-electron chi connectivity index (χ0n) is 14.5. The maximum atomic E-state index is 11.7. The van der Waals surface area contributed by atoms with Crippen LogP contribution in [-0.4, -0.2) is 36.4 Å². The maximum Gasteiger partial charge on any atom is 0.479 e. The highest BCUT2D eigenvalue weighted by Crippen LogP contribution is 2.74. The van der Waals surface area contributed by atoms with Crippen LogP contribution in [0.3, 0.4) is 0 Å². The third-order valence-corrected chi connectivity index (χ3v) is 9.49. The zero-order valence-corrected chi connectivity index (χ0v) is 17.2. The van der Waals surface area contributed by atoms with Gasteiger partial charge in [-0.15, -0.1) is 0 Å². The monoisotopic (exact) mass is 426 g/mol. The molecule has 0 radical (unpaired) electrons. The van der Waals surface area contributed by atoms with Crippen molar-refractivity contribution in [2.75, 3.05) is 6.61 Å². The number of hydrogen-bond donors (Lipinski definition) is 5. The van der Waals surface area contributed by atoms with E-state index in [2.05, 4.69) is 15.8 Å². The fourth-order valence-corrected chi connectivity index (χ4v) is 5.75. The van der Waals surface area contributed by atoms with Crippen molar-refractivity contribution in [1.82, 2.24) is 0 Å². The number of phosphoric acid groups is 1. The van der Waals surface area contributed by atoms with E-state index in [9.17, 15) is 28.6 Å². The molecular formula is C12H29O10P3. The topological polar surface area (TPSA) is 171 Å². The molecule has 152 valence electrons. The van der Waals surface area contributed by atoms with Crippen molar-refractivity contribution in [3.05, 3.63) is 0 Å². The third-order valence-electron chi connectivity index (χ3n) is 3.55. The Morgan fingerprint density at radius 3 is 1.72 bits per heavy atom.